The van der Waals surface area contributed by atoms with Crippen LogP contribution < -0.4 is 0 Å². The number of aliphatic imine (C=N–C) groups is 1. The summed E-state index contributed by atoms with van der Waals surface area (Å²) in [5.41, 5.74) is 2.10. The predicted octanol–water partition coefficient (Wildman–Crippen LogP) is 3.18. The van der Waals surface area contributed by atoms with E-state index < -0.39 is 0 Å². The van der Waals surface area contributed by atoms with Gasteiger partial charge in [-0.15, -0.1) is 0 Å². The van der Waals surface area contributed by atoms with Crippen molar-refractivity contribution in [1.82, 2.24) is 9.80 Å². The molecule has 2 heterocycles. The highest BCUT2D eigenvalue weighted by molar-refractivity contribution is 5.94. The lowest BCUT2D eigenvalue weighted by Gasteiger charge is -2.43. The van der Waals surface area contributed by atoms with Crippen molar-refractivity contribution in [2.24, 2.45) is 10.4 Å². The van der Waals surface area contributed by atoms with Crippen molar-refractivity contribution in [2.45, 2.75) is 53.5 Å². The normalized spacial score (nSPS) is 22.6. The van der Waals surface area contributed by atoms with E-state index in [1.165, 1.54) is 5.84 Å². The lowest BCUT2D eigenvalue weighted by atomic mass is 9.83. The molecule has 0 saturated carbocycles. The van der Waals surface area contributed by atoms with Gasteiger partial charge in [0.15, 0.2) is 0 Å². The van der Waals surface area contributed by atoms with Gasteiger partial charge in [0.1, 0.15) is 5.84 Å². The average molecular weight is 277 g/mol. The van der Waals surface area contributed by atoms with Gasteiger partial charge in [0.05, 0.1) is 0 Å². The van der Waals surface area contributed by atoms with Crippen LogP contribution in [0.3, 0.4) is 0 Å². The Balaban J connectivity index is 2.01. The predicted molar refractivity (Wildman–Crippen MR) is 87.4 cm³/mol. The van der Waals surface area contributed by atoms with Gasteiger partial charge in [0.2, 0.25) is 0 Å². The van der Waals surface area contributed by atoms with E-state index in [2.05, 4.69) is 57.4 Å². The van der Waals surface area contributed by atoms with Gasteiger partial charge in [-0.05, 0) is 38.7 Å². The molecule has 0 amide bonds. The second-order valence-corrected chi connectivity index (χ2v) is 8.05. The molecule has 3 heteroatoms. The first-order valence-electron chi connectivity index (χ1n) is 7.93. The monoisotopic (exact) mass is 277 g/mol. The Morgan fingerprint density at radius 1 is 0.950 bits per heavy atom. The number of hydrogen-bond acceptors (Lipinski definition) is 3. The third-order valence-electron chi connectivity index (χ3n) is 4.47. The van der Waals surface area contributed by atoms with Crippen molar-refractivity contribution in [3.05, 3.63) is 11.6 Å². The third kappa shape index (κ3) is 3.63. The van der Waals surface area contributed by atoms with Crippen LogP contribution in [0.2, 0.25) is 0 Å². The fraction of sp³-hybridized carbons (Fsp3) is 0.824. The zero-order valence-electron chi connectivity index (χ0n) is 14.2. The van der Waals surface area contributed by atoms with Gasteiger partial charge in [-0.1, -0.05) is 26.3 Å². The van der Waals surface area contributed by atoms with Crippen LogP contribution in [-0.4, -0.2) is 53.9 Å². The first kappa shape index (κ1) is 15.6. The summed E-state index contributed by atoms with van der Waals surface area (Å²) >= 11 is 0. The van der Waals surface area contributed by atoms with Crippen molar-refractivity contribution in [2.75, 3.05) is 32.7 Å². The van der Waals surface area contributed by atoms with E-state index in [0.717, 1.165) is 39.1 Å². The fourth-order valence-corrected chi connectivity index (χ4v) is 2.95. The summed E-state index contributed by atoms with van der Waals surface area (Å²) in [6, 6.07) is 0. The Morgan fingerprint density at radius 2 is 1.55 bits per heavy atom. The summed E-state index contributed by atoms with van der Waals surface area (Å²) in [4.78, 5) is 9.79. The molecular formula is C17H31N3. The number of dihydropyridines is 1. The molecule has 2 aliphatic heterocycles. The lowest BCUT2D eigenvalue weighted by Crippen LogP contribution is -2.54. The minimum Gasteiger partial charge on any atom is -0.354 e. The third-order valence-corrected chi connectivity index (χ3v) is 4.47. The molecule has 0 spiro atoms. The van der Waals surface area contributed by atoms with E-state index in [0.29, 0.717) is 0 Å². The molecule has 0 aromatic carbocycles. The van der Waals surface area contributed by atoms with Crippen molar-refractivity contribution in [3.63, 3.8) is 0 Å². The molecule has 0 atom stereocenters. The summed E-state index contributed by atoms with van der Waals surface area (Å²) in [6.45, 7) is 19.3. The zero-order valence-corrected chi connectivity index (χ0v) is 14.2. The zero-order chi connectivity index (χ0) is 15.0. The Kier molecular flexibility index (Phi) is 4.29. The maximum absolute atomic E-state index is 4.75. The van der Waals surface area contributed by atoms with Crippen LogP contribution in [-0.2, 0) is 0 Å². The van der Waals surface area contributed by atoms with E-state index >= 15 is 0 Å². The summed E-state index contributed by atoms with van der Waals surface area (Å²) < 4.78 is 0. The van der Waals surface area contributed by atoms with Crippen molar-refractivity contribution < 1.29 is 0 Å². The van der Waals surface area contributed by atoms with E-state index in [4.69, 9.17) is 4.99 Å². The van der Waals surface area contributed by atoms with E-state index in [1.54, 1.807) is 5.57 Å². The maximum Gasteiger partial charge on any atom is 0.123 e. The Bertz CT molecular complexity index is 399. The molecule has 0 aromatic rings. The smallest absolute Gasteiger partial charge is 0.123 e. The van der Waals surface area contributed by atoms with Crippen LogP contribution in [0.5, 0.6) is 0 Å². The van der Waals surface area contributed by atoms with Crippen molar-refractivity contribution in [3.8, 4) is 0 Å². The highest BCUT2D eigenvalue weighted by Gasteiger charge is 2.28. The van der Waals surface area contributed by atoms with Gasteiger partial charge in [0, 0.05) is 38.3 Å². The summed E-state index contributed by atoms with van der Waals surface area (Å²) in [5.74, 6) is 1.22. The van der Waals surface area contributed by atoms with Crippen LogP contribution >= 0.6 is 0 Å². The summed E-state index contributed by atoms with van der Waals surface area (Å²) in [6.07, 6.45) is 3.46. The van der Waals surface area contributed by atoms with Crippen LogP contribution in [0.4, 0.5) is 0 Å². The van der Waals surface area contributed by atoms with Crippen molar-refractivity contribution >= 4 is 5.84 Å². The molecule has 0 aliphatic carbocycles. The van der Waals surface area contributed by atoms with Gasteiger partial charge < -0.3 is 4.90 Å². The van der Waals surface area contributed by atoms with Crippen molar-refractivity contribution in [1.29, 1.82) is 0 Å². The standard InChI is InChI=1S/C17H31N3/c1-16(2,3)14-7-8-18-15(13-14)19-9-11-20(12-10-19)17(4,5)6/h13H,7-12H2,1-6H3. The van der Waals surface area contributed by atoms with Crippen LogP contribution in [0.15, 0.2) is 16.6 Å². The molecule has 114 valence electrons. The molecule has 1 saturated heterocycles. The molecule has 0 aromatic heterocycles. The second kappa shape index (κ2) is 5.51. The van der Waals surface area contributed by atoms with E-state index in [1.807, 2.05) is 0 Å². The molecule has 2 aliphatic rings. The van der Waals surface area contributed by atoms with Gasteiger partial charge in [-0.3, -0.25) is 9.89 Å². The first-order valence-corrected chi connectivity index (χ1v) is 7.93. The largest absolute Gasteiger partial charge is 0.354 e. The molecule has 0 N–H and O–H groups in total. The molecule has 2 rings (SSSR count). The van der Waals surface area contributed by atoms with Gasteiger partial charge in [0.25, 0.3) is 0 Å². The van der Waals surface area contributed by atoms with Crippen LogP contribution in [0.25, 0.3) is 0 Å². The Morgan fingerprint density at radius 3 is 2.05 bits per heavy atom. The molecule has 0 bridgehead atoms. The fourth-order valence-electron chi connectivity index (χ4n) is 2.95. The number of piperazine rings is 1. The molecule has 0 unspecified atom stereocenters. The molecule has 20 heavy (non-hydrogen) atoms. The average Bonchev–Trinajstić information content (AvgIpc) is 2.37. The summed E-state index contributed by atoms with van der Waals surface area (Å²) in [7, 11) is 0. The van der Waals surface area contributed by atoms with Crippen LogP contribution in [0, 0.1) is 5.41 Å². The van der Waals surface area contributed by atoms with Gasteiger partial charge in [-0.25, -0.2) is 0 Å². The highest BCUT2D eigenvalue weighted by Crippen LogP contribution is 2.30. The SMILES string of the molecule is CC(C)(C)C1=CC(N2CCN(C(C)(C)C)CC2)=NCC1. The maximum atomic E-state index is 4.75. The first-order chi connectivity index (χ1) is 9.18. The van der Waals surface area contributed by atoms with Gasteiger partial charge in [-0.2, -0.15) is 0 Å². The number of amidine groups is 1. The van der Waals surface area contributed by atoms with E-state index in [9.17, 15) is 0 Å². The Hall–Kier alpha value is -0.830. The number of rotatable bonds is 0. The highest BCUT2D eigenvalue weighted by atomic mass is 15.3. The van der Waals surface area contributed by atoms with E-state index in [-0.39, 0.29) is 11.0 Å². The lowest BCUT2D eigenvalue weighted by molar-refractivity contribution is 0.0884. The topological polar surface area (TPSA) is 18.8 Å². The number of hydrogen-bond donors (Lipinski definition) is 0. The minimum absolute atomic E-state index is 0.272. The van der Waals surface area contributed by atoms with Gasteiger partial charge >= 0.3 is 0 Å². The number of nitrogens with zero attached hydrogens (tertiary/aromatic N) is 3. The van der Waals surface area contributed by atoms with Crippen LogP contribution in [0.1, 0.15) is 48.0 Å². The summed E-state index contributed by atoms with van der Waals surface area (Å²) in [5, 5.41) is 0. The minimum atomic E-state index is 0.272. The Labute approximate surface area is 124 Å². The molecular weight excluding hydrogens is 246 g/mol. The molecule has 1 fully saturated rings. The molecule has 0 radical (unpaired) electrons. The second-order valence-electron chi connectivity index (χ2n) is 8.05. The molecule has 3 nitrogen and oxygen atoms in total. The quantitative estimate of drug-likeness (QED) is 0.677.